The number of rotatable bonds is 5. The molecule has 3 rings (SSSR count). The van der Waals surface area contributed by atoms with E-state index in [0.29, 0.717) is 11.3 Å². The van der Waals surface area contributed by atoms with Crippen molar-refractivity contribution >= 4 is 21.4 Å². The zero-order chi connectivity index (χ0) is 15.6. The van der Waals surface area contributed by atoms with Crippen molar-refractivity contribution in [3.8, 4) is 5.69 Å². The molecule has 0 saturated carbocycles. The van der Waals surface area contributed by atoms with Crippen LogP contribution in [-0.2, 0) is 16.6 Å². The van der Waals surface area contributed by atoms with Crippen molar-refractivity contribution in [2.45, 2.75) is 10.8 Å². The monoisotopic (exact) mass is 337 g/mol. The molecule has 0 radical (unpaired) electrons. The maximum absolute atomic E-state index is 14.1. The van der Waals surface area contributed by atoms with Gasteiger partial charge in [-0.3, -0.25) is 0 Å². The minimum Gasteiger partial charge on any atom is -0.303 e. The van der Waals surface area contributed by atoms with Crippen molar-refractivity contribution in [3.63, 3.8) is 0 Å². The van der Waals surface area contributed by atoms with Crippen LogP contribution in [0.1, 0.15) is 5.56 Å². The normalized spacial score (nSPS) is 11.7. The fourth-order valence-corrected chi connectivity index (χ4v) is 3.99. The molecule has 2 heterocycles. The zero-order valence-electron chi connectivity index (χ0n) is 11.3. The lowest BCUT2D eigenvalue weighted by atomic mass is 10.2. The highest BCUT2D eigenvalue weighted by molar-refractivity contribution is 7.91. The molecule has 0 saturated heterocycles. The predicted octanol–water partition coefficient (Wildman–Crippen LogP) is 2.55. The van der Waals surface area contributed by atoms with Gasteiger partial charge in [-0.1, -0.05) is 12.1 Å². The molecule has 22 heavy (non-hydrogen) atoms. The van der Waals surface area contributed by atoms with Crippen LogP contribution in [0.25, 0.3) is 5.69 Å². The summed E-state index contributed by atoms with van der Waals surface area (Å²) in [6, 6.07) is 7.77. The number of hydrogen-bond donors (Lipinski definition) is 1. The Morgan fingerprint density at radius 3 is 2.82 bits per heavy atom. The summed E-state index contributed by atoms with van der Waals surface area (Å²) in [5.41, 5.74) is 0.906. The molecule has 0 amide bonds. The second-order valence-electron chi connectivity index (χ2n) is 4.51. The van der Waals surface area contributed by atoms with Crippen molar-refractivity contribution < 1.29 is 12.8 Å². The van der Waals surface area contributed by atoms with Crippen LogP contribution in [-0.4, -0.2) is 18.0 Å². The van der Waals surface area contributed by atoms with E-state index >= 15 is 0 Å². The first-order chi connectivity index (χ1) is 10.6. The third-order valence-corrected chi connectivity index (χ3v) is 5.82. The maximum atomic E-state index is 14.1. The van der Waals surface area contributed by atoms with E-state index in [1.807, 2.05) is 0 Å². The fourth-order valence-electron chi connectivity index (χ4n) is 1.94. The molecular weight excluding hydrogens is 325 g/mol. The van der Waals surface area contributed by atoms with Gasteiger partial charge in [0.1, 0.15) is 10.0 Å². The molecule has 3 aromatic rings. The Hall–Kier alpha value is -2.03. The summed E-state index contributed by atoms with van der Waals surface area (Å²) < 4.78 is 42.3. The van der Waals surface area contributed by atoms with Gasteiger partial charge in [-0.15, -0.1) is 11.3 Å². The second-order valence-corrected chi connectivity index (χ2v) is 7.45. The van der Waals surface area contributed by atoms with Crippen molar-refractivity contribution in [2.24, 2.45) is 0 Å². The van der Waals surface area contributed by atoms with E-state index in [1.54, 1.807) is 40.5 Å². The fraction of sp³-hybridized carbons (Fsp3) is 0.0714. The third-order valence-electron chi connectivity index (χ3n) is 3.02. The Morgan fingerprint density at radius 2 is 2.18 bits per heavy atom. The molecule has 0 fully saturated rings. The quantitative estimate of drug-likeness (QED) is 0.778. The molecular formula is C14H12FN3O2S2. The highest BCUT2D eigenvalue weighted by atomic mass is 32.2. The molecule has 5 nitrogen and oxygen atoms in total. The Balaban J connectivity index is 1.76. The average Bonchev–Trinajstić information content (AvgIpc) is 3.18. The predicted molar refractivity (Wildman–Crippen MR) is 81.9 cm³/mol. The molecule has 0 aliphatic heterocycles. The summed E-state index contributed by atoms with van der Waals surface area (Å²) in [5, 5.41) is 1.69. The molecule has 0 atom stereocenters. The van der Waals surface area contributed by atoms with E-state index in [0.717, 1.165) is 11.3 Å². The lowest BCUT2D eigenvalue weighted by molar-refractivity contribution is 0.582. The molecule has 1 aromatic carbocycles. The molecule has 114 valence electrons. The van der Waals surface area contributed by atoms with E-state index in [2.05, 4.69) is 9.71 Å². The minimum absolute atomic E-state index is 0.0291. The topological polar surface area (TPSA) is 64.0 Å². The Morgan fingerprint density at radius 1 is 1.32 bits per heavy atom. The highest BCUT2D eigenvalue weighted by Crippen LogP contribution is 2.18. The first-order valence-electron chi connectivity index (χ1n) is 6.36. The van der Waals surface area contributed by atoms with Gasteiger partial charge in [0.05, 0.1) is 12.0 Å². The first-order valence-corrected chi connectivity index (χ1v) is 8.72. The van der Waals surface area contributed by atoms with E-state index < -0.39 is 15.8 Å². The van der Waals surface area contributed by atoms with Crippen LogP contribution in [0, 0.1) is 5.82 Å². The Bertz CT molecular complexity index is 860. The van der Waals surface area contributed by atoms with E-state index in [-0.39, 0.29) is 10.8 Å². The number of aromatic nitrogens is 2. The number of halogens is 1. The van der Waals surface area contributed by atoms with Gasteiger partial charge in [-0.05, 0) is 29.1 Å². The Kier molecular flexibility index (Phi) is 4.06. The summed E-state index contributed by atoms with van der Waals surface area (Å²) in [6.07, 6.45) is 4.69. The SMILES string of the molecule is O=S(=O)(NCc1ccc(-n2ccnc2)c(F)c1)c1cccs1. The van der Waals surface area contributed by atoms with Crippen LogP contribution >= 0.6 is 11.3 Å². The largest absolute Gasteiger partial charge is 0.303 e. The molecule has 0 aliphatic rings. The third kappa shape index (κ3) is 3.08. The molecule has 2 aromatic heterocycles. The van der Waals surface area contributed by atoms with E-state index in [4.69, 9.17) is 0 Å². The van der Waals surface area contributed by atoms with Crippen LogP contribution in [0.15, 0.2) is 58.6 Å². The molecule has 0 bridgehead atoms. The number of imidazole rings is 1. The van der Waals surface area contributed by atoms with Crippen LogP contribution < -0.4 is 4.72 Å². The van der Waals surface area contributed by atoms with Crippen LogP contribution in [0.4, 0.5) is 4.39 Å². The van der Waals surface area contributed by atoms with Crippen molar-refractivity contribution in [2.75, 3.05) is 0 Å². The second kappa shape index (κ2) is 5.99. The minimum atomic E-state index is -3.55. The lowest BCUT2D eigenvalue weighted by Crippen LogP contribution is -2.22. The standard InChI is InChI=1S/C14H12FN3O2S2/c15-12-8-11(3-4-13(12)18-6-5-16-10-18)9-17-22(19,20)14-2-1-7-21-14/h1-8,10,17H,9H2. The first kappa shape index (κ1) is 14.9. The van der Waals surface area contributed by atoms with Gasteiger partial charge in [0, 0.05) is 18.9 Å². The van der Waals surface area contributed by atoms with Crippen molar-refractivity contribution in [3.05, 3.63) is 65.8 Å². The lowest BCUT2D eigenvalue weighted by Gasteiger charge is -2.08. The molecule has 0 unspecified atom stereocenters. The molecule has 0 spiro atoms. The molecule has 8 heteroatoms. The van der Waals surface area contributed by atoms with Gasteiger partial charge in [0.15, 0.2) is 0 Å². The van der Waals surface area contributed by atoms with Crippen LogP contribution in [0.3, 0.4) is 0 Å². The smallest absolute Gasteiger partial charge is 0.250 e. The van der Waals surface area contributed by atoms with Gasteiger partial charge in [0.25, 0.3) is 0 Å². The van der Waals surface area contributed by atoms with Gasteiger partial charge >= 0.3 is 0 Å². The van der Waals surface area contributed by atoms with Gasteiger partial charge < -0.3 is 4.57 Å². The summed E-state index contributed by atoms with van der Waals surface area (Å²) in [6.45, 7) is 0.0291. The van der Waals surface area contributed by atoms with Gasteiger partial charge in [0.2, 0.25) is 10.0 Å². The van der Waals surface area contributed by atoms with E-state index in [9.17, 15) is 12.8 Å². The molecule has 1 N–H and O–H groups in total. The molecule has 0 aliphatic carbocycles. The van der Waals surface area contributed by atoms with Crippen molar-refractivity contribution in [1.29, 1.82) is 0 Å². The maximum Gasteiger partial charge on any atom is 0.250 e. The van der Waals surface area contributed by atoms with Gasteiger partial charge in [-0.2, -0.15) is 0 Å². The average molecular weight is 337 g/mol. The number of hydrogen-bond acceptors (Lipinski definition) is 4. The van der Waals surface area contributed by atoms with Crippen LogP contribution in [0.5, 0.6) is 0 Å². The van der Waals surface area contributed by atoms with Crippen LogP contribution in [0.2, 0.25) is 0 Å². The number of nitrogens with one attached hydrogen (secondary N) is 1. The summed E-state index contributed by atoms with van der Waals surface area (Å²) in [4.78, 5) is 3.86. The van der Waals surface area contributed by atoms with E-state index in [1.165, 1.54) is 18.5 Å². The number of nitrogens with zero attached hydrogens (tertiary/aromatic N) is 2. The van der Waals surface area contributed by atoms with Gasteiger partial charge in [-0.25, -0.2) is 22.5 Å². The summed E-state index contributed by atoms with van der Waals surface area (Å²) in [7, 11) is -3.55. The number of thiophene rings is 1. The Labute approximate surface area is 131 Å². The highest BCUT2D eigenvalue weighted by Gasteiger charge is 2.15. The summed E-state index contributed by atoms with van der Waals surface area (Å²) >= 11 is 1.13. The van der Waals surface area contributed by atoms with Crippen molar-refractivity contribution in [1.82, 2.24) is 14.3 Å². The number of benzene rings is 1. The summed E-state index contributed by atoms with van der Waals surface area (Å²) in [5.74, 6) is -0.439. The number of sulfonamides is 1. The zero-order valence-corrected chi connectivity index (χ0v) is 12.9.